The Bertz CT molecular complexity index is 203. The Hall–Kier alpha value is -0.220. The van der Waals surface area contributed by atoms with Crippen LogP contribution in [0.2, 0.25) is 0 Å². The Balaban J connectivity index is 2.00. The third-order valence-corrected chi connectivity index (χ3v) is 4.44. The van der Waals surface area contributed by atoms with E-state index >= 15 is 0 Å². The zero-order chi connectivity index (χ0) is 11.8. The topological polar surface area (TPSA) is 41.1 Å². The highest BCUT2D eigenvalue weighted by Gasteiger charge is 2.19. The summed E-state index contributed by atoms with van der Waals surface area (Å²) in [5.41, 5.74) is 0. The van der Waals surface area contributed by atoms with E-state index in [4.69, 9.17) is 0 Å². The van der Waals surface area contributed by atoms with Crippen LogP contribution in [0.25, 0.3) is 0 Å². The summed E-state index contributed by atoms with van der Waals surface area (Å²) in [6.45, 7) is 0.974. The zero-order valence-electron chi connectivity index (χ0n) is 10.4. The maximum absolute atomic E-state index is 11.0. The Morgan fingerprint density at radius 2 is 2.00 bits per heavy atom. The van der Waals surface area contributed by atoms with Crippen LogP contribution in [0.3, 0.4) is 0 Å². The highest BCUT2D eigenvalue weighted by Crippen LogP contribution is 2.26. The summed E-state index contributed by atoms with van der Waals surface area (Å²) in [6, 6.07) is 0.688. The Morgan fingerprint density at radius 1 is 1.31 bits per heavy atom. The van der Waals surface area contributed by atoms with E-state index in [1.54, 1.807) is 7.05 Å². The maximum atomic E-state index is 11.0. The summed E-state index contributed by atoms with van der Waals surface area (Å²) < 4.78 is 0. The molecule has 1 aliphatic rings. The van der Waals surface area contributed by atoms with E-state index < -0.39 is 0 Å². The van der Waals surface area contributed by atoms with Gasteiger partial charge in [-0.1, -0.05) is 0 Å². The molecule has 0 aromatic heterocycles. The summed E-state index contributed by atoms with van der Waals surface area (Å²) in [6.07, 6.45) is 9.08. The second kappa shape index (κ2) is 7.96. The first-order valence-corrected chi connectivity index (χ1v) is 7.51. The van der Waals surface area contributed by atoms with Crippen molar-refractivity contribution in [2.24, 2.45) is 0 Å². The van der Waals surface area contributed by atoms with E-state index in [1.165, 1.54) is 25.7 Å². The molecule has 0 spiro atoms. The first-order chi connectivity index (χ1) is 7.76. The van der Waals surface area contributed by atoms with Crippen LogP contribution >= 0.6 is 11.8 Å². The van der Waals surface area contributed by atoms with E-state index in [9.17, 15) is 4.79 Å². The fourth-order valence-electron chi connectivity index (χ4n) is 2.18. The number of nitrogens with one attached hydrogen (secondary N) is 2. The lowest BCUT2D eigenvalue weighted by Gasteiger charge is -2.28. The molecule has 0 saturated heterocycles. The average molecular weight is 244 g/mol. The predicted octanol–water partition coefficient (Wildman–Crippen LogP) is 1.78. The summed E-state index contributed by atoms with van der Waals surface area (Å²) in [4.78, 5) is 11.0. The molecular weight excluding hydrogens is 220 g/mol. The van der Waals surface area contributed by atoms with Crippen LogP contribution in [0.1, 0.15) is 38.5 Å². The molecule has 1 saturated carbocycles. The Kier molecular flexibility index (Phi) is 6.88. The average Bonchev–Trinajstić information content (AvgIpc) is 2.35. The van der Waals surface area contributed by atoms with Crippen molar-refractivity contribution in [3.63, 3.8) is 0 Å². The SMILES string of the molecule is CNC(=O)CCCNC1CCC(SC)CC1. The van der Waals surface area contributed by atoms with Crippen LogP contribution in [0, 0.1) is 0 Å². The highest BCUT2D eigenvalue weighted by atomic mass is 32.2. The van der Waals surface area contributed by atoms with Gasteiger partial charge in [-0.15, -0.1) is 0 Å². The van der Waals surface area contributed by atoms with Crippen LogP contribution in [0.5, 0.6) is 0 Å². The smallest absolute Gasteiger partial charge is 0.219 e. The van der Waals surface area contributed by atoms with Gasteiger partial charge in [0.2, 0.25) is 5.91 Å². The summed E-state index contributed by atoms with van der Waals surface area (Å²) >= 11 is 2.00. The molecule has 0 heterocycles. The fraction of sp³-hybridized carbons (Fsp3) is 0.917. The first kappa shape index (κ1) is 13.8. The molecule has 0 radical (unpaired) electrons. The molecule has 1 rings (SSSR count). The minimum absolute atomic E-state index is 0.146. The molecule has 0 aromatic carbocycles. The number of hydrogen-bond acceptors (Lipinski definition) is 3. The van der Waals surface area contributed by atoms with Gasteiger partial charge >= 0.3 is 0 Å². The minimum atomic E-state index is 0.146. The molecule has 4 heteroatoms. The maximum Gasteiger partial charge on any atom is 0.219 e. The van der Waals surface area contributed by atoms with Crippen molar-refractivity contribution in [2.75, 3.05) is 19.8 Å². The highest BCUT2D eigenvalue weighted by molar-refractivity contribution is 7.99. The standard InChI is InChI=1S/C12H24N2OS/c1-13-12(15)4-3-9-14-10-5-7-11(16-2)8-6-10/h10-11,14H,3-9H2,1-2H3,(H,13,15). The van der Waals surface area contributed by atoms with E-state index in [1.807, 2.05) is 11.8 Å². The molecule has 1 fully saturated rings. The van der Waals surface area contributed by atoms with E-state index in [0.717, 1.165) is 18.2 Å². The number of carbonyl (C=O) groups excluding carboxylic acids is 1. The van der Waals surface area contributed by atoms with Gasteiger partial charge in [-0.25, -0.2) is 0 Å². The number of carbonyl (C=O) groups is 1. The zero-order valence-corrected chi connectivity index (χ0v) is 11.2. The molecule has 16 heavy (non-hydrogen) atoms. The normalized spacial score (nSPS) is 25.4. The molecule has 0 aliphatic heterocycles. The van der Waals surface area contributed by atoms with E-state index in [0.29, 0.717) is 12.5 Å². The van der Waals surface area contributed by atoms with Gasteiger partial charge in [-0.2, -0.15) is 11.8 Å². The second-order valence-electron chi connectivity index (χ2n) is 4.44. The molecule has 0 bridgehead atoms. The van der Waals surface area contributed by atoms with Crippen molar-refractivity contribution < 1.29 is 4.79 Å². The van der Waals surface area contributed by atoms with Crippen LogP contribution < -0.4 is 10.6 Å². The third-order valence-electron chi connectivity index (χ3n) is 3.30. The van der Waals surface area contributed by atoms with Crippen molar-refractivity contribution in [3.8, 4) is 0 Å². The second-order valence-corrected chi connectivity index (χ2v) is 5.58. The Morgan fingerprint density at radius 3 is 2.56 bits per heavy atom. The molecule has 2 N–H and O–H groups in total. The number of hydrogen-bond donors (Lipinski definition) is 2. The Labute approximate surface area is 103 Å². The fourth-order valence-corrected chi connectivity index (χ4v) is 2.93. The quantitative estimate of drug-likeness (QED) is 0.700. The summed E-state index contributed by atoms with van der Waals surface area (Å²) in [5.74, 6) is 0.146. The minimum Gasteiger partial charge on any atom is -0.359 e. The molecule has 1 aliphatic carbocycles. The lowest BCUT2D eigenvalue weighted by atomic mass is 9.95. The van der Waals surface area contributed by atoms with Gasteiger partial charge in [-0.05, 0) is 44.9 Å². The van der Waals surface area contributed by atoms with Crippen LogP contribution in [0.4, 0.5) is 0 Å². The van der Waals surface area contributed by atoms with Gasteiger partial charge in [0.05, 0.1) is 0 Å². The molecule has 1 amide bonds. The third kappa shape index (κ3) is 5.21. The largest absolute Gasteiger partial charge is 0.359 e. The van der Waals surface area contributed by atoms with Crippen LogP contribution in [-0.4, -0.2) is 37.0 Å². The van der Waals surface area contributed by atoms with Crippen molar-refractivity contribution >= 4 is 17.7 Å². The van der Waals surface area contributed by atoms with E-state index in [-0.39, 0.29) is 5.91 Å². The predicted molar refractivity (Wildman–Crippen MR) is 70.9 cm³/mol. The van der Waals surface area contributed by atoms with Gasteiger partial charge < -0.3 is 10.6 Å². The summed E-state index contributed by atoms with van der Waals surface area (Å²) in [7, 11) is 1.69. The van der Waals surface area contributed by atoms with Gasteiger partial charge in [0, 0.05) is 24.8 Å². The van der Waals surface area contributed by atoms with Crippen LogP contribution in [-0.2, 0) is 4.79 Å². The van der Waals surface area contributed by atoms with Crippen molar-refractivity contribution in [3.05, 3.63) is 0 Å². The molecule has 0 atom stereocenters. The van der Waals surface area contributed by atoms with Gasteiger partial charge in [0.1, 0.15) is 0 Å². The molecule has 0 aromatic rings. The molecule has 3 nitrogen and oxygen atoms in total. The van der Waals surface area contributed by atoms with Crippen molar-refractivity contribution in [1.29, 1.82) is 0 Å². The first-order valence-electron chi connectivity index (χ1n) is 6.23. The van der Waals surface area contributed by atoms with E-state index in [2.05, 4.69) is 16.9 Å². The molecule has 94 valence electrons. The van der Waals surface area contributed by atoms with Gasteiger partial charge in [0.15, 0.2) is 0 Å². The van der Waals surface area contributed by atoms with Crippen molar-refractivity contribution in [1.82, 2.24) is 10.6 Å². The lowest BCUT2D eigenvalue weighted by Crippen LogP contribution is -2.34. The number of rotatable bonds is 6. The van der Waals surface area contributed by atoms with Gasteiger partial charge in [0.25, 0.3) is 0 Å². The molecular formula is C12H24N2OS. The monoisotopic (exact) mass is 244 g/mol. The summed E-state index contributed by atoms with van der Waals surface area (Å²) in [5, 5.41) is 7.08. The lowest BCUT2D eigenvalue weighted by molar-refractivity contribution is -0.120. The number of thioether (sulfide) groups is 1. The van der Waals surface area contributed by atoms with Crippen LogP contribution in [0.15, 0.2) is 0 Å². The van der Waals surface area contributed by atoms with Gasteiger partial charge in [-0.3, -0.25) is 4.79 Å². The van der Waals surface area contributed by atoms with Crippen molar-refractivity contribution in [2.45, 2.75) is 49.8 Å². The molecule has 0 unspecified atom stereocenters. The number of amides is 1.